The topological polar surface area (TPSA) is 12.9 Å². The molecular weight excluding hydrogens is 254 g/mol. The molecule has 6 heteroatoms. The minimum Gasteiger partial charge on any atom is -0.215 e. The number of aromatic nitrogens is 1. The van der Waals surface area contributed by atoms with E-state index in [9.17, 15) is 17.6 Å². The van der Waals surface area contributed by atoms with Gasteiger partial charge in [0.25, 0.3) is 6.43 Å². The van der Waals surface area contributed by atoms with Crippen molar-refractivity contribution in [1.82, 2.24) is 4.98 Å². The molecule has 0 radical (unpaired) electrons. The SMILES string of the molecule is Fc1cc(CBr)c(F)nc1C(F)F. The Balaban J connectivity index is 3.20. The molecule has 1 aromatic rings. The fourth-order valence-corrected chi connectivity index (χ4v) is 1.16. The van der Waals surface area contributed by atoms with Gasteiger partial charge in [0.15, 0.2) is 5.82 Å². The molecule has 0 unspecified atom stereocenters. The average Bonchev–Trinajstić information content (AvgIpc) is 2.07. The predicted molar refractivity (Wildman–Crippen MR) is 41.7 cm³/mol. The molecule has 0 bridgehead atoms. The average molecular weight is 258 g/mol. The normalized spacial score (nSPS) is 10.9. The number of rotatable bonds is 2. The van der Waals surface area contributed by atoms with E-state index in [1.807, 2.05) is 0 Å². The Bertz CT molecular complexity index is 316. The lowest BCUT2D eigenvalue weighted by Gasteiger charge is -2.03. The molecule has 1 heterocycles. The Labute approximate surface area is 79.9 Å². The fourth-order valence-electron chi connectivity index (χ4n) is 0.764. The summed E-state index contributed by atoms with van der Waals surface area (Å²) >= 11 is 2.87. The van der Waals surface area contributed by atoms with Crippen LogP contribution in [0.25, 0.3) is 0 Å². The van der Waals surface area contributed by atoms with Gasteiger partial charge in [-0.3, -0.25) is 0 Å². The molecule has 1 aromatic heterocycles. The fraction of sp³-hybridized carbons (Fsp3) is 0.286. The van der Waals surface area contributed by atoms with E-state index < -0.39 is 23.9 Å². The van der Waals surface area contributed by atoms with E-state index in [1.165, 1.54) is 0 Å². The minimum absolute atomic E-state index is 0.0340. The van der Waals surface area contributed by atoms with E-state index >= 15 is 0 Å². The van der Waals surface area contributed by atoms with Gasteiger partial charge in [0.05, 0.1) is 0 Å². The van der Waals surface area contributed by atoms with Gasteiger partial charge in [-0.2, -0.15) is 4.39 Å². The van der Waals surface area contributed by atoms with E-state index in [1.54, 1.807) is 0 Å². The summed E-state index contributed by atoms with van der Waals surface area (Å²) in [6.07, 6.45) is -3.10. The van der Waals surface area contributed by atoms with E-state index in [-0.39, 0.29) is 10.9 Å². The van der Waals surface area contributed by atoms with Crippen LogP contribution in [0.4, 0.5) is 17.6 Å². The summed E-state index contributed by atoms with van der Waals surface area (Å²) < 4.78 is 49.4. The van der Waals surface area contributed by atoms with E-state index in [0.717, 1.165) is 0 Å². The summed E-state index contributed by atoms with van der Waals surface area (Å²) in [6, 6.07) is 0.707. The van der Waals surface area contributed by atoms with Crippen LogP contribution in [-0.2, 0) is 5.33 Å². The summed E-state index contributed by atoms with van der Waals surface area (Å²) in [5.41, 5.74) is -1.23. The molecule has 0 aliphatic heterocycles. The largest absolute Gasteiger partial charge is 0.283 e. The van der Waals surface area contributed by atoms with Crippen LogP contribution in [0.2, 0.25) is 0 Å². The second-order valence-corrected chi connectivity index (χ2v) is 2.80. The van der Waals surface area contributed by atoms with Crippen LogP contribution in [0.5, 0.6) is 0 Å². The third-order valence-electron chi connectivity index (χ3n) is 1.38. The number of hydrogen-bond acceptors (Lipinski definition) is 1. The molecule has 0 N–H and O–H groups in total. The van der Waals surface area contributed by atoms with Crippen LogP contribution in [0.3, 0.4) is 0 Å². The van der Waals surface area contributed by atoms with Crippen molar-refractivity contribution < 1.29 is 17.6 Å². The maximum atomic E-state index is 12.7. The number of pyridine rings is 1. The van der Waals surface area contributed by atoms with Gasteiger partial charge in [-0.05, 0) is 6.07 Å². The Morgan fingerprint density at radius 2 is 2.00 bits per heavy atom. The summed E-state index contributed by atoms with van der Waals surface area (Å²) in [5, 5.41) is 0.0340. The lowest BCUT2D eigenvalue weighted by atomic mass is 10.2. The lowest BCUT2D eigenvalue weighted by Crippen LogP contribution is -2.01. The Morgan fingerprint density at radius 3 is 2.46 bits per heavy atom. The van der Waals surface area contributed by atoms with Crippen LogP contribution in [0.15, 0.2) is 6.07 Å². The zero-order valence-electron chi connectivity index (χ0n) is 6.20. The first-order valence-electron chi connectivity index (χ1n) is 3.25. The van der Waals surface area contributed by atoms with Gasteiger partial charge in [-0.25, -0.2) is 18.2 Å². The first-order chi connectivity index (χ1) is 6.06. The third kappa shape index (κ3) is 2.18. The standard InChI is InChI=1S/C7H4BrF4N/c8-2-3-1-4(9)5(6(10)11)13-7(3)12/h1,6H,2H2. The molecule has 0 amide bonds. The zero-order chi connectivity index (χ0) is 10.0. The number of nitrogens with zero attached hydrogens (tertiary/aromatic N) is 1. The predicted octanol–water partition coefficient (Wildman–Crippen LogP) is 3.19. The highest BCUT2D eigenvalue weighted by Gasteiger charge is 2.18. The minimum atomic E-state index is -3.10. The molecular formula is C7H4BrF4N. The first kappa shape index (κ1) is 10.4. The third-order valence-corrected chi connectivity index (χ3v) is 1.98. The van der Waals surface area contributed by atoms with Crippen molar-refractivity contribution in [3.63, 3.8) is 0 Å². The van der Waals surface area contributed by atoms with Crippen molar-refractivity contribution in [2.75, 3.05) is 0 Å². The summed E-state index contributed by atoms with van der Waals surface area (Å²) in [7, 11) is 0. The molecule has 1 nitrogen and oxygen atoms in total. The summed E-state index contributed by atoms with van der Waals surface area (Å²) in [6.45, 7) is 0. The van der Waals surface area contributed by atoms with Crippen LogP contribution in [-0.4, -0.2) is 4.98 Å². The smallest absolute Gasteiger partial charge is 0.215 e. The Morgan fingerprint density at radius 1 is 1.38 bits per heavy atom. The van der Waals surface area contributed by atoms with E-state index in [2.05, 4.69) is 20.9 Å². The highest BCUT2D eigenvalue weighted by Crippen LogP contribution is 2.22. The number of hydrogen-bond donors (Lipinski definition) is 0. The molecule has 0 spiro atoms. The van der Waals surface area contributed by atoms with Gasteiger partial charge in [-0.15, -0.1) is 0 Å². The van der Waals surface area contributed by atoms with Gasteiger partial charge in [0, 0.05) is 10.9 Å². The molecule has 0 saturated heterocycles. The van der Waals surface area contributed by atoms with Crippen molar-refractivity contribution in [3.8, 4) is 0 Å². The Kier molecular flexibility index (Phi) is 3.24. The van der Waals surface area contributed by atoms with E-state index in [4.69, 9.17) is 0 Å². The van der Waals surface area contributed by atoms with Gasteiger partial charge >= 0.3 is 0 Å². The van der Waals surface area contributed by atoms with Crippen LogP contribution in [0.1, 0.15) is 17.7 Å². The molecule has 13 heavy (non-hydrogen) atoms. The molecule has 0 atom stereocenters. The second-order valence-electron chi connectivity index (χ2n) is 2.24. The summed E-state index contributed by atoms with van der Waals surface area (Å²) in [5.74, 6) is -2.26. The van der Waals surface area contributed by atoms with Crippen molar-refractivity contribution in [2.45, 2.75) is 11.8 Å². The zero-order valence-corrected chi connectivity index (χ0v) is 7.78. The molecule has 0 aromatic carbocycles. The van der Waals surface area contributed by atoms with Crippen molar-refractivity contribution in [2.24, 2.45) is 0 Å². The maximum Gasteiger partial charge on any atom is 0.283 e. The molecule has 0 aliphatic carbocycles. The molecule has 0 aliphatic rings. The van der Waals surface area contributed by atoms with Gasteiger partial charge in [0.1, 0.15) is 5.69 Å². The number of alkyl halides is 3. The van der Waals surface area contributed by atoms with Gasteiger partial charge in [-0.1, -0.05) is 15.9 Å². The number of halogens is 5. The van der Waals surface area contributed by atoms with Crippen LogP contribution in [0, 0.1) is 11.8 Å². The highest BCUT2D eigenvalue weighted by atomic mass is 79.9. The monoisotopic (exact) mass is 257 g/mol. The second kappa shape index (κ2) is 4.04. The van der Waals surface area contributed by atoms with Crippen molar-refractivity contribution >= 4 is 15.9 Å². The molecule has 72 valence electrons. The van der Waals surface area contributed by atoms with Crippen molar-refractivity contribution in [1.29, 1.82) is 0 Å². The van der Waals surface area contributed by atoms with Gasteiger partial charge in [0.2, 0.25) is 5.95 Å². The maximum absolute atomic E-state index is 12.7. The lowest BCUT2D eigenvalue weighted by molar-refractivity contribution is 0.139. The first-order valence-corrected chi connectivity index (χ1v) is 4.37. The van der Waals surface area contributed by atoms with Crippen molar-refractivity contribution in [3.05, 3.63) is 29.1 Å². The molecule has 0 saturated carbocycles. The molecule has 1 rings (SSSR count). The highest BCUT2D eigenvalue weighted by molar-refractivity contribution is 9.08. The quantitative estimate of drug-likeness (QED) is 0.451. The molecule has 0 fully saturated rings. The van der Waals surface area contributed by atoms with E-state index in [0.29, 0.717) is 6.07 Å². The van der Waals surface area contributed by atoms with Gasteiger partial charge < -0.3 is 0 Å². The van der Waals surface area contributed by atoms with Crippen LogP contribution < -0.4 is 0 Å². The van der Waals surface area contributed by atoms with Crippen LogP contribution >= 0.6 is 15.9 Å². The Hall–Kier alpha value is -0.650. The summed E-state index contributed by atoms with van der Waals surface area (Å²) in [4.78, 5) is 2.82.